The molecule has 94 valence electrons. The summed E-state index contributed by atoms with van der Waals surface area (Å²) in [6, 6.07) is 5.39. The van der Waals surface area contributed by atoms with Gasteiger partial charge in [-0.25, -0.2) is 0 Å². The smallest absolute Gasteiger partial charge is 0.320 e. The quantitative estimate of drug-likeness (QED) is 0.791. The number of nitrogens with one attached hydrogen (secondary N) is 1. The lowest BCUT2D eigenvalue weighted by Crippen LogP contribution is -2.35. The van der Waals surface area contributed by atoms with Crippen molar-refractivity contribution in [3.8, 4) is 5.75 Å². The minimum absolute atomic E-state index is 0.391. The Balaban J connectivity index is 2.48. The van der Waals surface area contributed by atoms with E-state index in [-0.39, 0.29) is 0 Å². The molecule has 0 bridgehead atoms. The molecule has 1 rings (SSSR count). The summed E-state index contributed by atoms with van der Waals surface area (Å²) in [6.07, 6.45) is 0.444. The van der Waals surface area contributed by atoms with E-state index in [1.54, 1.807) is 7.05 Å². The average Bonchev–Trinajstić information content (AvgIpc) is 2.26. The second kappa shape index (κ2) is 6.25. The van der Waals surface area contributed by atoms with Gasteiger partial charge < -0.3 is 15.2 Å². The highest BCUT2D eigenvalue weighted by Crippen LogP contribution is 2.18. The van der Waals surface area contributed by atoms with E-state index in [0.29, 0.717) is 13.0 Å². The summed E-state index contributed by atoms with van der Waals surface area (Å²) >= 11 is 0. The van der Waals surface area contributed by atoms with Crippen molar-refractivity contribution >= 4 is 5.97 Å². The van der Waals surface area contributed by atoms with Crippen LogP contribution in [0.4, 0.5) is 0 Å². The molecule has 2 N–H and O–H groups in total. The first kappa shape index (κ1) is 13.5. The van der Waals surface area contributed by atoms with E-state index >= 15 is 0 Å². The lowest BCUT2D eigenvalue weighted by atomic mass is 10.1. The van der Waals surface area contributed by atoms with Gasteiger partial charge >= 0.3 is 5.97 Å². The fraction of sp³-hybridized carbons (Fsp3) is 0.462. The summed E-state index contributed by atoms with van der Waals surface area (Å²) in [4.78, 5) is 10.8. The van der Waals surface area contributed by atoms with Gasteiger partial charge in [0.25, 0.3) is 0 Å². The van der Waals surface area contributed by atoms with Crippen LogP contribution < -0.4 is 10.1 Å². The molecule has 17 heavy (non-hydrogen) atoms. The van der Waals surface area contributed by atoms with E-state index in [2.05, 4.69) is 5.32 Å². The lowest BCUT2D eigenvalue weighted by Gasteiger charge is -2.13. The molecule has 1 unspecified atom stereocenters. The normalized spacial score (nSPS) is 12.2. The van der Waals surface area contributed by atoms with Crippen LogP contribution in [0.1, 0.15) is 17.5 Å². The number of rotatable bonds is 6. The summed E-state index contributed by atoms with van der Waals surface area (Å²) in [5.74, 6) is -0.0347. The van der Waals surface area contributed by atoms with Gasteiger partial charge in [-0.3, -0.25) is 4.79 Å². The molecule has 1 atom stereocenters. The van der Waals surface area contributed by atoms with Crippen molar-refractivity contribution in [2.75, 3.05) is 13.7 Å². The molecule has 4 heteroatoms. The Morgan fingerprint density at radius 1 is 1.47 bits per heavy atom. The summed E-state index contributed by atoms with van der Waals surface area (Å²) in [5, 5.41) is 11.6. The molecule has 0 fully saturated rings. The first-order chi connectivity index (χ1) is 8.04. The summed E-state index contributed by atoms with van der Waals surface area (Å²) in [7, 11) is 1.63. The number of benzene rings is 1. The van der Waals surface area contributed by atoms with Gasteiger partial charge in [0.15, 0.2) is 0 Å². The van der Waals surface area contributed by atoms with E-state index in [1.807, 2.05) is 32.0 Å². The Bertz CT molecular complexity index is 390. The van der Waals surface area contributed by atoms with Gasteiger partial charge in [0.1, 0.15) is 11.8 Å². The van der Waals surface area contributed by atoms with Gasteiger partial charge in [-0.2, -0.15) is 0 Å². The molecule has 0 saturated heterocycles. The lowest BCUT2D eigenvalue weighted by molar-refractivity contribution is -0.139. The SMILES string of the molecule is CNC(CCOc1ccc(C)cc1C)C(=O)O. The number of carboxylic acid groups (broad SMARTS) is 1. The summed E-state index contributed by atoms with van der Waals surface area (Å²) in [5.41, 5.74) is 2.26. The van der Waals surface area contributed by atoms with E-state index in [9.17, 15) is 4.79 Å². The first-order valence-electron chi connectivity index (χ1n) is 5.64. The second-order valence-corrected chi connectivity index (χ2v) is 4.09. The fourth-order valence-corrected chi connectivity index (χ4v) is 1.64. The standard InChI is InChI=1S/C13H19NO3/c1-9-4-5-12(10(2)8-9)17-7-6-11(14-3)13(15)16/h4-5,8,11,14H,6-7H2,1-3H3,(H,15,16). The number of hydrogen-bond acceptors (Lipinski definition) is 3. The third-order valence-electron chi connectivity index (χ3n) is 2.64. The van der Waals surface area contributed by atoms with Gasteiger partial charge in [0, 0.05) is 6.42 Å². The Hall–Kier alpha value is -1.55. The fourth-order valence-electron chi connectivity index (χ4n) is 1.64. The van der Waals surface area contributed by atoms with Crippen LogP contribution >= 0.6 is 0 Å². The zero-order valence-electron chi connectivity index (χ0n) is 10.5. The van der Waals surface area contributed by atoms with Crippen molar-refractivity contribution in [1.82, 2.24) is 5.32 Å². The monoisotopic (exact) mass is 237 g/mol. The second-order valence-electron chi connectivity index (χ2n) is 4.09. The van der Waals surface area contributed by atoms with Crippen molar-refractivity contribution in [3.05, 3.63) is 29.3 Å². The molecule has 0 amide bonds. The Labute approximate surface area is 102 Å². The maximum absolute atomic E-state index is 10.8. The zero-order valence-corrected chi connectivity index (χ0v) is 10.5. The minimum Gasteiger partial charge on any atom is -0.493 e. The molecule has 0 heterocycles. The van der Waals surface area contributed by atoms with Crippen molar-refractivity contribution in [2.24, 2.45) is 0 Å². The number of likely N-dealkylation sites (N-methyl/N-ethyl adjacent to an activating group) is 1. The number of aryl methyl sites for hydroxylation is 2. The largest absolute Gasteiger partial charge is 0.493 e. The molecule has 1 aromatic carbocycles. The number of carbonyl (C=O) groups is 1. The number of aliphatic carboxylic acids is 1. The Morgan fingerprint density at radius 2 is 2.18 bits per heavy atom. The van der Waals surface area contributed by atoms with E-state index < -0.39 is 12.0 Å². The van der Waals surface area contributed by atoms with Crippen LogP contribution in [0.2, 0.25) is 0 Å². The van der Waals surface area contributed by atoms with Crippen LogP contribution in [-0.2, 0) is 4.79 Å². The highest BCUT2D eigenvalue weighted by molar-refractivity contribution is 5.73. The third kappa shape index (κ3) is 4.07. The van der Waals surface area contributed by atoms with Crippen molar-refractivity contribution < 1.29 is 14.6 Å². The van der Waals surface area contributed by atoms with Crippen LogP contribution in [0.15, 0.2) is 18.2 Å². The molecule has 1 aromatic rings. The summed E-state index contributed by atoms with van der Waals surface area (Å²) in [6.45, 7) is 4.40. The molecule has 0 saturated carbocycles. The molecular weight excluding hydrogens is 218 g/mol. The summed E-state index contributed by atoms with van der Waals surface area (Å²) < 4.78 is 5.57. The van der Waals surface area contributed by atoms with E-state index in [4.69, 9.17) is 9.84 Å². The Morgan fingerprint density at radius 3 is 2.71 bits per heavy atom. The number of carboxylic acids is 1. The number of hydrogen-bond donors (Lipinski definition) is 2. The van der Waals surface area contributed by atoms with Gasteiger partial charge in [0.2, 0.25) is 0 Å². The molecule has 4 nitrogen and oxygen atoms in total. The molecular formula is C13H19NO3. The molecule has 0 aromatic heterocycles. The van der Waals surface area contributed by atoms with Gasteiger partial charge in [0.05, 0.1) is 6.61 Å². The predicted octanol–water partition coefficient (Wildman–Crippen LogP) is 1.74. The van der Waals surface area contributed by atoms with Crippen LogP contribution in [0.25, 0.3) is 0 Å². The van der Waals surface area contributed by atoms with Crippen LogP contribution in [0.3, 0.4) is 0 Å². The Kier molecular flexibility index (Phi) is 4.97. The molecule has 0 spiro atoms. The first-order valence-corrected chi connectivity index (χ1v) is 5.64. The van der Waals surface area contributed by atoms with Gasteiger partial charge in [-0.05, 0) is 32.5 Å². The molecule has 0 aliphatic rings. The molecule has 0 radical (unpaired) electrons. The highest BCUT2D eigenvalue weighted by Gasteiger charge is 2.14. The van der Waals surface area contributed by atoms with Crippen LogP contribution in [0.5, 0.6) is 5.75 Å². The number of ether oxygens (including phenoxy) is 1. The van der Waals surface area contributed by atoms with Gasteiger partial charge in [-0.1, -0.05) is 17.7 Å². The van der Waals surface area contributed by atoms with E-state index in [1.165, 1.54) is 5.56 Å². The maximum atomic E-state index is 10.8. The van der Waals surface area contributed by atoms with Crippen molar-refractivity contribution in [2.45, 2.75) is 26.3 Å². The van der Waals surface area contributed by atoms with E-state index in [0.717, 1.165) is 11.3 Å². The van der Waals surface area contributed by atoms with Crippen LogP contribution in [0, 0.1) is 13.8 Å². The minimum atomic E-state index is -0.850. The predicted molar refractivity (Wildman–Crippen MR) is 66.5 cm³/mol. The van der Waals surface area contributed by atoms with Crippen LogP contribution in [-0.4, -0.2) is 30.8 Å². The van der Waals surface area contributed by atoms with Crippen molar-refractivity contribution in [3.63, 3.8) is 0 Å². The van der Waals surface area contributed by atoms with Crippen molar-refractivity contribution in [1.29, 1.82) is 0 Å². The zero-order chi connectivity index (χ0) is 12.8. The topological polar surface area (TPSA) is 58.6 Å². The third-order valence-corrected chi connectivity index (χ3v) is 2.64. The average molecular weight is 237 g/mol. The van der Waals surface area contributed by atoms with Gasteiger partial charge in [-0.15, -0.1) is 0 Å². The maximum Gasteiger partial charge on any atom is 0.320 e. The molecule has 0 aliphatic heterocycles. The highest BCUT2D eigenvalue weighted by atomic mass is 16.5. The molecule has 0 aliphatic carbocycles.